The average Bonchev–Trinajstić information content (AvgIpc) is 3.09. The van der Waals surface area contributed by atoms with Crippen molar-refractivity contribution in [3.8, 4) is 23.0 Å². The van der Waals surface area contributed by atoms with Crippen LogP contribution in [0.3, 0.4) is 0 Å². The molecule has 320 valence electrons. The molecule has 0 aliphatic heterocycles. The van der Waals surface area contributed by atoms with Gasteiger partial charge in [0.25, 0.3) is 0 Å². The summed E-state index contributed by atoms with van der Waals surface area (Å²) in [4.78, 5) is 26.1. The molecular formula is C49H67N3O7. The van der Waals surface area contributed by atoms with Crippen LogP contribution in [-0.2, 0) is 57.2 Å². The molecule has 0 aliphatic rings. The molecule has 4 rings (SSSR count). The van der Waals surface area contributed by atoms with Crippen molar-refractivity contribution >= 4 is 23.2 Å². The summed E-state index contributed by atoms with van der Waals surface area (Å²) < 4.78 is 0. The Hall–Kier alpha value is -5.06. The van der Waals surface area contributed by atoms with Gasteiger partial charge in [0.2, 0.25) is 11.8 Å². The van der Waals surface area contributed by atoms with Gasteiger partial charge in [-0.1, -0.05) is 107 Å². The van der Waals surface area contributed by atoms with Gasteiger partial charge in [-0.15, -0.1) is 0 Å². The normalized spacial score (nSPS) is 12.5. The Balaban J connectivity index is 1.35. The molecule has 0 atom stereocenters. The van der Waals surface area contributed by atoms with Crippen LogP contribution in [0.25, 0.3) is 0 Å². The summed E-state index contributed by atoms with van der Waals surface area (Å²) in [5.74, 6) is 0.0669. The average molecular weight is 810 g/mol. The number of phenolic OH excluding ortho intramolecular Hbond substituents is 4. The third kappa shape index (κ3) is 12.7. The number of nitrogens with one attached hydrogen (secondary N) is 2. The number of carbonyl (C=O) groups excluding carboxylic acids is 2. The molecule has 0 saturated carbocycles. The summed E-state index contributed by atoms with van der Waals surface area (Å²) in [6, 6.07) is 17.3. The lowest BCUT2D eigenvalue weighted by Crippen LogP contribution is -2.19. The Labute approximate surface area is 351 Å². The smallest absolute Gasteiger partial charge is 0.224 e. The Morgan fingerprint density at radius 3 is 1.20 bits per heavy atom. The number of anilines is 2. The first-order chi connectivity index (χ1) is 27.1. The first-order valence-corrected chi connectivity index (χ1v) is 20.5. The van der Waals surface area contributed by atoms with E-state index >= 15 is 0 Å². The second kappa shape index (κ2) is 18.1. The molecule has 0 unspecified atom stereocenters. The van der Waals surface area contributed by atoms with E-state index in [9.17, 15) is 35.2 Å². The van der Waals surface area contributed by atoms with Crippen molar-refractivity contribution in [2.75, 3.05) is 10.6 Å². The fourth-order valence-electron chi connectivity index (χ4n) is 7.15. The monoisotopic (exact) mass is 809 g/mol. The zero-order valence-corrected chi connectivity index (χ0v) is 37.2. The SMILES string of the molecule is CC(C)(C)c1cc(CCCC(=O)Nc2ccc(O)c(CN(O)Cc3cc(NC(=O)CCc4cc(C(C)(C)C)c(O)c(C(C)(C)C)c4)ccc3O)c2)cc(C(C)(C)C)c1O. The van der Waals surface area contributed by atoms with Crippen LogP contribution < -0.4 is 10.6 Å². The number of rotatable bonds is 13. The highest BCUT2D eigenvalue weighted by Crippen LogP contribution is 2.41. The van der Waals surface area contributed by atoms with Crippen LogP contribution in [0.5, 0.6) is 23.0 Å². The number of amides is 2. The molecule has 2 amide bonds. The lowest BCUT2D eigenvalue weighted by atomic mass is 9.78. The van der Waals surface area contributed by atoms with Crippen molar-refractivity contribution in [2.24, 2.45) is 0 Å². The maximum atomic E-state index is 13.1. The standard InChI is InChI=1S/C49H67N3O7/c1-46(2,3)36-22-30(23-37(44(36)57)47(4,5)6)14-13-15-42(55)50-34-17-19-40(53)32(26-34)28-52(59)29-33-27-35(18-20-41(33)54)51-43(56)21-16-31-24-38(48(7,8)9)45(58)39(25-31)49(10,11)12/h17-20,22-27,53-54,57-59H,13-16,21,28-29H2,1-12H3,(H,50,55)(H,51,56). The van der Waals surface area contributed by atoms with Gasteiger partial charge < -0.3 is 36.3 Å². The van der Waals surface area contributed by atoms with E-state index in [1.54, 1.807) is 24.3 Å². The van der Waals surface area contributed by atoms with Crippen LogP contribution in [0.15, 0.2) is 60.7 Å². The summed E-state index contributed by atoms with van der Waals surface area (Å²) in [5, 5.41) is 61.0. The highest BCUT2D eigenvalue weighted by Gasteiger charge is 2.28. The molecule has 0 aliphatic carbocycles. The molecular weight excluding hydrogens is 743 g/mol. The van der Waals surface area contributed by atoms with E-state index in [4.69, 9.17) is 0 Å². The van der Waals surface area contributed by atoms with Gasteiger partial charge in [-0.05, 0) is 111 Å². The van der Waals surface area contributed by atoms with Crippen LogP contribution in [0.4, 0.5) is 11.4 Å². The molecule has 0 fully saturated rings. The van der Waals surface area contributed by atoms with Crippen molar-refractivity contribution in [1.29, 1.82) is 0 Å². The highest BCUT2D eigenvalue weighted by atomic mass is 16.5. The number of aryl methyl sites for hydroxylation is 2. The minimum absolute atomic E-state index is 0.0678. The van der Waals surface area contributed by atoms with Crippen LogP contribution in [0.1, 0.15) is 147 Å². The third-order valence-electron chi connectivity index (χ3n) is 10.5. The number of hydrogen-bond donors (Lipinski definition) is 7. The minimum Gasteiger partial charge on any atom is -0.508 e. The fraction of sp³-hybridized carbons (Fsp3) is 0.469. The van der Waals surface area contributed by atoms with Crippen LogP contribution >= 0.6 is 0 Å². The Bertz CT molecular complexity index is 2080. The van der Waals surface area contributed by atoms with Crippen LogP contribution in [0, 0.1) is 0 Å². The zero-order chi connectivity index (χ0) is 44.2. The fourth-order valence-corrected chi connectivity index (χ4v) is 7.15. The summed E-state index contributed by atoms with van der Waals surface area (Å²) >= 11 is 0. The van der Waals surface area contributed by atoms with Crippen LogP contribution in [-0.4, -0.2) is 42.5 Å². The topological polar surface area (TPSA) is 163 Å². The van der Waals surface area contributed by atoms with Gasteiger partial charge >= 0.3 is 0 Å². The van der Waals surface area contributed by atoms with Crippen molar-refractivity contribution in [3.05, 3.63) is 105 Å². The molecule has 0 bridgehead atoms. The Morgan fingerprint density at radius 2 is 0.847 bits per heavy atom. The van der Waals surface area contributed by atoms with Gasteiger partial charge in [-0.25, -0.2) is 0 Å². The number of benzene rings is 4. The maximum absolute atomic E-state index is 13.1. The van der Waals surface area contributed by atoms with Gasteiger partial charge in [0.15, 0.2) is 0 Å². The lowest BCUT2D eigenvalue weighted by molar-refractivity contribution is -0.117. The molecule has 0 heterocycles. The molecule has 0 spiro atoms. The second-order valence-corrected chi connectivity index (χ2v) is 20.0. The molecule has 7 N–H and O–H groups in total. The van der Waals surface area contributed by atoms with Gasteiger partial charge in [-0.2, -0.15) is 5.06 Å². The minimum atomic E-state index is -0.283. The Kier molecular flexibility index (Phi) is 14.3. The molecule has 0 saturated heterocycles. The molecule has 4 aromatic rings. The number of nitrogens with zero attached hydrogens (tertiary/aromatic N) is 1. The lowest BCUT2D eigenvalue weighted by Gasteiger charge is -2.28. The van der Waals surface area contributed by atoms with E-state index in [2.05, 4.69) is 93.7 Å². The molecule has 10 nitrogen and oxygen atoms in total. The van der Waals surface area contributed by atoms with E-state index in [0.717, 1.165) is 38.4 Å². The highest BCUT2D eigenvalue weighted by molar-refractivity contribution is 5.91. The summed E-state index contributed by atoms with van der Waals surface area (Å²) in [5.41, 5.74) is 6.05. The van der Waals surface area contributed by atoms with Crippen molar-refractivity contribution in [1.82, 2.24) is 5.06 Å². The number of hydroxylamine groups is 2. The first-order valence-electron chi connectivity index (χ1n) is 20.5. The molecule has 59 heavy (non-hydrogen) atoms. The van der Waals surface area contributed by atoms with Gasteiger partial charge in [-0.3, -0.25) is 9.59 Å². The quantitative estimate of drug-likeness (QED) is 0.0518. The van der Waals surface area contributed by atoms with E-state index in [1.165, 1.54) is 12.1 Å². The number of phenols is 4. The molecule has 0 aromatic heterocycles. The first kappa shape index (κ1) is 46.6. The molecule has 4 aromatic carbocycles. The number of aromatic hydroxyl groups is 4. The van der Waals surface area contributed by atoms with Gasteiger partial charge in [0.05, 0.1) is 13.1 Å². The Morgan fingerprint density at radius 1 is 0.508 bits per heavy atom. The van der Waals surface area contributed by atoms with Crippen molar-refractivity contribution in [3.63, 3.8) is 0 Å². The van der Waals surface area contributed by atoms with E-state index in [-0.39, 0.29) is 70.9 Å². The van der Waals surface area contributed by atoms with E-state index in [1.807, 2.05) is 24.3 Å². The summed E-state index contributed by atoms with van der Waals surface area (Å²) in [7, 11) is 0. The number of hydrogen-bond acceptors (Lipinski definition) is 8. The molecule has 10 heteroatoms. The number of carbonyl (C=O) groups is 2. The van der Waals surface area contributed by atoms with E-state index < -0.39 is 0 Å². The van der Waals surface area contributed by atoms with Gasteiger partial charge in [0, 0.05) is 35.3 Å². The van der Waals surface area contributed by atoms with Gasteiger partial charge in [0.1, 0.15) is 23.0 Å². The van der Waals surface area contributed by atoms with E-state index in [0.29, 0.717) is 53.3 Å². The third-order valence-corrected chi connectivity index (χ3v) is 10.5. The maximum Gasteiger partial charge on any atom is 0.224 e. The molecule has 0 radical (unpaired) electrons. The summed E-state index contributed by atoms with van der Waals surface area (Å²) in [6.07, 6.45) is 2.18. The predicted octanol–water partition coefficient (Wildman–Crippen LogP) is 10.6. The predicted molar refractivity (Wildman–Crippen MR) is 237 cm³/mol. The largest absolute Gasteiger partial charge is 0.508 e. The van der Waals surface area contributed by atoms with Crippen molar-refractivity contribution < 1.29 is 35.2 Å². The van der Waals surface area contributed by atoms with Crippen molar-refractivity contribution in [2.45, 2.75) is 150 Å². The summed E-state index contributed by atoms with van der Waals surface area (Å²) in [6.45, 7) is 24.5. The zero-order valence-electron chi connectivity index (χ0n) is 37.2. The second-order valence-electron chi connectivity index (χ2n) is 20.0. The van der Waals surface area contributed by atoms with Crippen LogP contribution in [0.2, 0.25) is 0 Å².